The maximum Gasteiger partial charge on any atom is 0.239 e. The molecule has 0 amide bonds. The quantitative estimate of drug-likeness (QED) is 0.576. The van der Waals surface area contributed by atoms with Crippen LogP contribution in [-0.2, 0) is 0 Å². The zero-order valence-electron chi connectivity index (χ0n) is 9.24. The molecule has 1 heterocycles. The molecule has 0 atom stereocenters. The summed E-state index contributed by atoms with van der Waals surface area (Å²) in [5.41, 5.74) is 4.19. The van der Waals surface area contributed by atoms with Crippen LogP contribution in [-0.4, -0.2) is 9.97 Å². The fourth-order valence-corrected chi connectivity index (χ4v) is 1.53. The number of aromatic nitrogens is 2. The van der Waals surface area contributed by atoms with Gasteiger partial charge >= 0.3 is 0 Å². The van der Waals surface area contributed by atoms with Crippen molar-refractivity contribution in [1.29, 1.82) is 0 Å². The predicted molar refractivity (Wildman–Crippen MR) is 69.3 cm³/mol. The Labute approximate surface area is 104 Å². The SMILES string of the molecule is Cc1cnc(NN)nc1Nc1cccc(Cl)c1. The van der Waals surface area contributed by atoms with Crippen LogP contribution in [0.2, 0.25) is 5.02 Å². The second-order valence-corrected chi connectivity index (χ2v) is 3.94. The van der Waals surface area contributed by atoms with Crippen LogP contribution < -0.4 is 16.6 Å². The summed E-state index contributed by atoms with van der Waals surface area (Å²) in [7, 11) is 0. The number of benzene rings is 1. The topological polar surface area (TPSA) is 75.9 Å². The molecule has 0 saturated heterocycles. The molecule has 0 spiro atoms. The minimum Gasteiger partial charge on any atom is -0.340 e. The van der Waals surface area contributed by atoms with Crippen molar-refractivity contribution in [2.45, 2.75) is 6.92 Å². The van der Waals surface area contributed by atoms with Crippen molar-refractivity contribution in [1.82, 2.24) is 9.97 Å². The van der Waals surface area contributed by atoms with Crippen molar-refractivity contribution >= 4 is 29.1 Å². The number of hydrazine groups is 1. The number of nitrogen functional groups attached to an aromatic ring is 1. The van der Waals surface area contributed by atoms with Crippen molar-refractivity contribution in [2.75, 3.05) is 10.7 Å². The second kappa shape index (κ2) is 4.99. The highest BCUT2D eigenvalue weighted by molar-refractivity contribution is 6.30. The van der Waals surface area contributed by atoms with Crippen molar-refractivity contribution in [3.8, 4) is 0 Å². The van der Waals surface area contributed by atoms with Gasteiger partial charge in [0.15, 0.2) is 0 Å². The molecule has 0 aliphatic rings. The Kier molecular flexibility index (Phi) is 3.41. The molecule has 2 rings (SSSR count). The molecular weight excluding hydrogens is 238 g/mol. The van der Waals surface area contributed by atoms with E-state index in [4.69, 9.17) is 17.4 Å². The third-order valence-electron chi connectivity index (χ3n) is 2.19. The summed E-state index contributed by atoms with van der Waals surface area (Å²) in [6, 6.07) is 7.40. The van der Waals surface area contributed by atoms with Gasteiger partial charge in [0.1, 0.15) is 5.82 Å². The number of halogens is 1. The Balaban J connectivity index is 2.29. The Hall–Kier alpha value is -1.85. The minimum atomic E-state index is 0.361. The summed E-state index contributed by atoms with van der Waals surface area (Å²) in [6.07, 6.45) is 1.69. The molecule has 2 aromatic rings. The van der Waals surface area contributed by atoms with Gasteiger partial charge in [0.2, 0.25) is 5.95 Å². The van der Waals surface area contributed by atoms with E-state index in [-0.39, 0.29) is 0 Å². The lowest BCUT2D eigenvalue weighted by Crippen LogP contribution is -2.11. The molecule has 17 heavy (non-hydrogen) atoms. The fourth-order valence-electron chi connectivity index (χ4n) is 1.34. The molecule has 88 valence electrons. The van der Waals surface area contributed by atoms with Crippen molar-refractivity contribution < 1.29 is 0 Å². The maximum atomic E-state index is 5.90. The number of anilines is 3. The third-order valence-corrected chi connectivity index (χ3v) is 2.42. The standard InChI is InChI=1S/C11H12ClN5/c1-7-6-14-11(17-13)16-10(7)15-9-4-2-3-8(12)5-9/h2-6H,13H2,1H3,(H2,14,15,16,17). The molecule has 0 fully saturated rings. The highest BCUT2D eigenvalue weighted by Crippen LogP contribution is 2.21. The number of nitrogens with two attached hydrogens (primary N) is 1. The van der Waals surface area contributed by atoms with Crippen LogP contribution in [0, 0.1) is 6.92 Å². The van der Waals surface area contributed by atoms with Gasteiger partial charge < -0.3 is 5.32 Å². The number of hydrogen-bond donors (Lipinski definition) is 3. The number of nitrogens with one attached hydrogen (secondary N) is 2. The van der Waals surface area contributed by atoms with Gasteiger partial charge in [-0.1, -0.05) is 17.7 Å². The van der Waals surface area contributed by atoms with Gasteiger partial charge in [-0.15, -0.1) is 0 Å². The largest absolute Gasteiger partial charge is 0.340 e. The Bertz CT molecular complexity index is 529. The smallest absolute Gasteiger partial charge is 0.239 e. The number of rotatable bonds is 3. The van der Waals surface area contributed by atoms with Crippen molar-refractivity contribution in [3.63, 3.8) is 0 Å². The fraction of sp³-hybridized carbons (Fsp3) is 0.0909. The van der Waals surface area contributed by atoms with Gasteiger partial charge in [-0.05, 0) is 25.1 Å². The van der Waals surface area contributed by atoms with E-state index in [1.165, 1.54) is 0 Å². The van der Waals surface area contributed by atoms with Crippen LogP contribution in [0.15, 0.2) is 30.5 Å². The van der Waals surface area contributed by atoms with Crippen LogP contribution in [0.5, 0.6) is 0 Å². The molecular formula is C11H12ClN5. The number of nitrogens with zero attached hydrogens (tertiary/aromatic N) is 2. The summed E-state index contributed by atoms with van der Waals surface area (Å²) in [6.45, 7) is 1.91. The zero-order chi connectivity index (χ0) is 12.3. The summed E-state index contributed by atoms with van der Waals surface area (Å²) >= 11 is 5.90. The third kappa shape index (κ3) is 2.83. The van der Waals surface area contributed by atoms with Crippen molar-refractivity contribution in [3.05, 3.63) is 41.0 Å². The molecule has 6 heteroatoms. The van der Waals surface area contributed by atoms with E-state index < -0.39 is 0 Å². The van der Waals surface area contributed by atoms with Crippen LogP contribution in [0.25, 0.3) is 0 Å². The minimum absolute atomic E-state index is 0.361. The highest BCUT2D eigenvalue weighted by atomic mass is 35.5. The molecule has 0 unspecified atom stereocenters. The molecule has 4 N–H and O–H groups in total. The van der Waals surface area contributed by atoms with Crippen LogP contribution >= 0.6 is 11.6 Å². The molecule has 0 aliphatic carbocycles. The van der Waals surface area contributed by atoms with E-state index in [0.29, 0.717) is 16.8 Å². The first kappa shape index (κ1) is 11.6. The summed E-state index contributed by atoms with van der Waals surface area (Å²) in [5, 5.41) is 3.82. The van der Waals surface area contributed by atoms with E-state index in [0.717, 1.165) is 11.3 Å². The zero-order valence-corrected chi connectivity index (χ0v) is 9.99. The summed E-state index contributed by atoms with van der Waals surface area (Å²) in [5.74, 6) is 6.31. The number of aryl methyl sites for hydroxylation is 1. The van der Waals surface area contributed by atoms with Gasteiger partial charge in [-0.3, -0.25) is 5.43 Å². The first-order chi connectivity index (χ1) is 8.19. The second-order valence-electron chi connectivity index (χ2n) is 3.50. The Morgan fingerprint density at radius 3 is 2.88 bits per heavy atom. The first-order valence-electron chi connectivity index (χ1n) is 5.02. The predicted octanol–water partition coefficient (Wildman–Crippen LogP) is 2.47. The highest BCUT2D eigenvalue weighted by Gasteiger charge is 2.03. The Morgan fingerprint density at radius 2 is 2.18 bits per heavy atom. The van der Waals surface area contributed by atoms with Crippen LogP contribution in [0.3, 0.4) is 0 Å². The number of hydrogen-bond acceptors (Lipinski definition) is 5. The van der Waals surface area contributed by atoms with Gasteiger partial charge in [0.05, 0.1) is 0 Å². The maximum absolute atomic E-state index is 5.90. The van der Waals surface area contributed by atoms with Crippen LogP contribution in [0.1, 0.15) is 5.56 Å². The molecule has 1 aromatic carbocycles. The monoisotopic (exact) mass is 249 g/mol. The van der Waals surface area contributed by atoms with Gasteiger partial charge in [0, 0.05) is 22.5 Å². The van der Waals surface area contributed by atoms with Gasteiger partial charge in [-0.2, -0.15) is 4.98 Å². The molecule has 0 radical (unpaired) electrons. The lowest BCUT2D eigenvalue weighted by atomic mass is 10.3. The lowest BCUT2D eigenvalue weighted by molar-refractivity contribution is 1.09. The van der Waals surface area contributed by atoms with Gasteiger partial charge in [-0.25, -0.2) is 10.8 Å². The Morgan fingerprint density at radius 1 is 1.35 bits per heavy atom. The molecule has 1 aromatic heterocycles. The summed E-state index contributed by atoms with van der Waals surface area (Å²) < 4.78 is 0. The first-order valence-corrected chi connectivity index (χ1v) is 5.39. The summed E-state index contributed by atoms with van der Waals surface area (Å²) in [4.78, 5) is 8.22. The lowest BCUT2D eigenvalue weighted by Gasteiger charge is -2.09. The van der Waals surface area contributed by atoms with Crippen LogP contribution in [0.4, 0.5) is 17.5 Å². The van der Waals surface area contributed by atoms with E-state index in [1.807, 2.05) is 31.2 Å². The van der Waals surface area contributed by atoms with E-state index in [1.54, 1.807) is 6.20 Å². The molecule has 5 nitrogen and oxygen atoms in total. The average molecular weight is 250 g/mol. The average Bonchev–Trinajstić information content (AvgIpc) is 2.32. The van der Waals surface area contributed by atoms with E-state index >= 15 is 0 Å². The molecule has 0 bridgehead atoms. The normalized spacial score (nSPS) is 10.1. The van der Waals surface area contributed by atoms with Crippen molar-refractivity contribution in [2.24, 2.45) is 5.84 Å². The van der Waals surface area contributed by atoms with Gasteiger partial charge in [0.25, 0.3) is 0 Å². The molecule has 0 saturated carbocycles. The van der Waals surface area contributed by atoms with E-state index in [9.17, 15) is 0 Å². The molecule has 0 aliphatic heterocycles. The van der Waals surface area contributed by atoms with E-state index in [2.05, 4.69) is 20.7 Å².